The number of hydrogen-bond donors (Lipinski definition) is 0. The fraction of sp³-hybridized carbons (Fsp3) is 0.789. The Hall–Kier alpha value is -1.40. The summed E-state index contributed by atoms with van der Waals surface area (Å²) in [5.74, 6) is 3.14. The molecule has 0 spiro atoms. The summed E-state index contributed by atoms with van der Waals surface area (Å²) in [6, 6.07) is 0. The molecule has 2 fully saturated rings. The Labute approximate surface area is 151 Å². The van der Waals surface area contributed by atoms with Crippen molar-refractivity contribution in [2.45, 2.75) is 32.6 Å². The molecule has 0 unspecified atom stereocenters. The lowest BCUT2D eigenvalue weighted by Crippen LogP contribution is -2.40. The first-order valence-electron chi connectivity index (χ1n) is 9.52. The lowest BCUT2D eigenvalue weighted by molar-refractivity contribution is 0.142. The van der Waals surface area contributed by atoms with E-state index >= 15 is 0 Å². The second-order valence-electron chi connectivity index (χ2n) is 7.50. The summed E-state index contributed by atoms with van der Waals surface area (Å²) in [5, 5.41) is 0. The van der Waals surface area contributed by atoms with Crippen LogP contribution in [0.4, 0.5) is 11.8 Å². The first-order valence-corrected chi connectivity index (χ1v) is 9.52. The van der Waals surface area contributed by atoms with Gasteiger partial charge in [0.05, 0.1) is 13.2 Å². The molecule has 0 N–H and O–H groups in total. The topological polar surface area (TPSA) is 50.7 Å². The highest BCUT2D eigenvalue weighted by atomic mass is 16.5. The first-order chi connectivity index (χ1) is 12.2. The smallest absolute Gasteiger partial charge is 0.227 e. The summed E-state index contributed by atoms with van der Waals surface area (Å²) in [6.07, 6.45) is 6.84. The highest BCUT2D eigenvalue weighted by Gasteiger charge is 2.25. The maximum Gasteiger partial charge on any atom is 0.227 e. The van der Waals surface area contributed by atoms with Gasteiger partial charge in [0.2, 0.25) is 5.95 Å². The van der Waals surface area contributed by atoms with Gasteiger partial charge in [-0.25, -0.2) is 4.98 Å². The van der Waals surface area contributed by atoms with Crippen molar-refractivity contribution in [2.24, 2.45) is 11.8 Å². The second kappa shape index (κ2) is 8.81. The van der Waals surface area contributed by atoms with Gasteiger partial charge in [0, 0.05) is 52.2 Å². The normalized spacial score (nSPS) is 24.6. The highest BCUT2D eigenvalue weighted by molar-refractivity contribution is 5.50. The van der Waals surface area contributed by atoms with Crippen molar-refractivity contribution in [3.63, 3.8) is 0 Å². The van der Waals surface area contributed by atoms with Crippen LogP contribution in [0.25, 0.3) is 0 Å². The van der Waals surface area contributed by atoms with Crippen molar-refractivity contribution in [3.8, 4) is 0 Å². The lowest BCUT2D eigenvalue weighted by Gasteiger charge is -2.36. The predicted molar refractivity (Wildman–Crippen MR) is 100 cm³/mol. The number of nitrogens with zero attached hydrogens (tertiary/aromatic N) is 4. The minimum atomic E-state index is 0.577. The molecule has 3 rings (SSSR count). The number of methoxy groups -OCH3 is 2. The lowest BCUT2D eigenvalue weighted by atomic mass is 9.98. The zero-order chi connectivity index (χ0) is 17.6. The van der Waals surface area contributed by atoms with Gasteiger partial charge in [-0.3, -0.25) is 0 Å². The third-order valence-electron chi connectivity index (χ3n) is 5.36. The van der Waals surface area contributed by atoms with E-state index in [4.69, 9.17) is 14.5 Å². The molecule has 6 nitrogen and oxygen atoms in total. The van der Waals surface area contributed by atoms with Crippen LogP contribution >= 0.6 is 0 Å². The minimum absolute atomic E-state index is 0.577. The Bertz CT molecular complexity index is 550. The third-order valence-corrected chi connectivity index (χ3v) is 5.36. The molecule has 0 amide bonds. The van der Waals surface area contributed by atoms with Crippen LogP contribution in [0.5, 0.6) is 0 Å². The van der Waals surface area contributed by atoms with Crippen LogP contribution in [0.2, 0.25) is 0 Å². The standard InChI is InChI=1S/C19H32N4O2/c1-15-10-20-19(23-9-5-7-17(12-23)14-25-3)21-18(15)22-8-4-6-16(11-22)13-24-2/h10,16-17H,4-9,11-14H2,1-3H3/t16-,17-/m0/s1. The van der Waals surface area contributed by atoms with Gasteiger partial charge >= 0.3 is 0 Å². The van der Waals surface area contributed by atoms with Crippen molar-refractivity contribution in [1.29, 1.82) is 0 Å². The van der Waals surface area contributed by atoms with Crippen molar-refractivity contribution < 1.29 is 9.47 Å². The molecule has 2 aliphatic rings. The molecule has 25 heavy (non-hydrogen) atoms. The van der Waals surface area contributed by atoms with Gasteiger partial charge < -0.3 is 19.3 Å². The Morgan fingerprint density at radius 3 is 2.24 bits per heavy atom. The molecule has 0 aliphatic carbocycles. The molecule has 3 heterocycles. The molecule has 0 radical (unpaired) electrons. The average molecular weight is 348 g/mol. The van der Waals surface area contributed by atoms with Gasteiger partial charge in [-0.2, -0.15) is 4.98 Å². The monoisotopic (exact) mass is 348 g/mol. The SMILES string of the molecule is COC[C@H]1CCCN(c2ncc(C)c(N3CCC[C@H](COC)C3)n2)C1. The summed E-state index contributed by atoms with van der Waals surface area (Å²) >= 11 is 0. The molecular weight excluding hydrogens is 316 g/mol. The maximum absolute atomic E-state index is 5.37. The number of rotatable bonds is 6. The number of piperidine rings is 2. The summed E-state index contributed by atoms with van der Waals surface area (Å²) in [5.41, 5.74) is 1.16. The van der Waals surface area contributed by atoms with E-state index in [0.717, 1.165) is 56.7 Å². The van der Waals surface area contributed by atoms with Crippen molar-refractivity contribution in [3.05, 3.63) is 11.8 Å². The second-order valence-corrected chi connectivity index (χ2v) is 7.50. The van der Waals surface area contributed by atoms with Gasteiger partial charge in [-0.05, 0) is 44.4 Å². The Morgan fingerprint density at radius 1 is 1.00 bits per heavy atom. The molecule has 0 aromatic carbocycles. The summed E-state index contributed by atoms with van der Waals surface area (Å²) in [7, 11) is 3.58. The molecular formula is C19H32N4O2. The zero-order valence-electron chi connectivity index (χ0n) is 15.9. The molecule has 0 saturated carbocycles. The number of ether oxygens (including phenoxy) is 2. The fourth-order valence-electron chi connectivity index (χ4n) is 4.14. The largest absolute Gasteiger partial charge is 0.384 e. The van der Waals surface area contributed by atoms with Crippen LogP contribution in [0.15, 0.2) is 6.20 Å². The molecule has 6 heteroatoms. The maximum atomic E-state index is 5.37. The van der Waals surface area contributed by atoms with E-state index in [-0.39, 0.29) is 0 Å². The Morgan fingerprint density at radius 2 is 1.60 bits per heavy atom. The highest BCUT2D eigenvalue weighted by Crippen LogP contribution is 2.27. The molecule has 2 aliphatic heterocycles. The molecule has 2 saturated heterocycles. The molecule has 2 atom stereocenters. The number of aryl methyl sites for hydroxylation is 1. The quantitative estimate of drug-likeness (QED) is 0.787. The number of anilines is 2. The van der Waals surface area contributed by atoms with Gasteiger partial charge in [-0.15, -0.1) is 0 Å². The van der Waals surface area contributed by atoms with Crippen LogP contribution in [-0.4, -0.2) is 63.6 Å². The Balaban J connectivity index is 1.74. The van der Waals surface area contributed by atoms with Crippen LogP contribution < -0.4 is 9.80 Å². The molecule has 1 aromatic rings. The average Bonchev–Trinajstić information content (AvgIpc) is 2.63. The van der Waals surface area contributed by atoms with E-state index < -0.39 is 0 Å². The minimum Gasteiger partial charge on any atom is -0.384 e. The van der Waals surface area contributed by atoms with E-state index in [1.165, 1.54) is 25.7 Å². The van der Waals surface area contributed by atoms with Crippen molar-refractivity contribution in [1.82, 2.24) is 9.97 Å². The molecule has 0 bridgehead atoms. The van der Waals surface area contributed by atoms with Gasteiger partial charge in [0.1, 0.15) is 5.82 Å². The predicted octanol–water partition coefficient (Wildman–Crippen LogP) is 2.51. The van der Waals surface area contributed by atoms with Crippen LogP contribution in [-0.2, 0) is 9.47 Å². The summed E-state index contributed by atoms with van der Waals surface area (Å²) < 4.78 is 10.7. The third kappa shape index (κ3) is 4.61. The zero-order valence-corrected chi connectivity index (χ0v) is 15.9. The van der Waals surface area contributed by atoms with Crippen LogP contribution in [0.3, 0.4) is 0 Å². The van der Waals surface area contributed by atoms with E-state index in [9.17, 15) is 0 Å². The summed E-state index contributed by atoms with van der Waals surface area (Å²) in [6.45, 7) is 7.89. The Kier molecular flexibility index (Phi) is 6.48. The van der Waals surface area contributed by atoms with Gasteiger partial charge in [-0.1, -0.05) is 0 Å². The van der Waals surface area contributed by atoms with Crippen LogP contribution in [0, 0.1) is 18.8 Å². The van der Waals surface area contributed by atoms with Gasteiger partial charge in [0.15, 0.2) is 0 Å². The van der Waals surface area contributed by atoms with E-state index in [1.807, 2.05) is 6.20 Å². The number of hydrogen-bond acceptors (Lipinski definition) is 6. The van der Waals surface area contributed by atoms with Crippen molar-refractivity contribution in [2.75, 3.05) is 63.4 Å². The van der Waals surface area contributed by atoms with E-state index in [2.05, 4.69) is 21.7 Å². The van der Waals surface area contributed by atoms with E-state index in [0.29, 0.717) is 11.8 Å². The van der Waals surface area contributed by atoms with E-state index in [1.54, 1.807) is 14.2 Å². The molecule has 1 aromatic heterocycles. The van der Waals surface area contributed by atoms with Crippen LogP contribution in [0.1, 0.15) is 31.2 Å². The van der Waals surface area contributed by atoms with Crippen molar-refractivity contribution >= 4 is 11.8 Å². The molecule has 140 valence electrons. The summed E-state index contributed by atoms with van der Waals surface area (Å²) in [4.78, 5) is 14.3. The fourth-order valence-corrected chi connectivity index (χ4v) is 4.14. The number of aromatic nitrogens is 2. The van der Waals surface area contributed by atoms with Gasteiger partial charge in [0.25, 0.3) is 0 Å². The first kappa shape index (κ1) is 18.4.